The molecule has 0 saturated heterocycles. The zero-order valence-electron chi connectivity index (χ0n) is 16.2. The second-order valence-corrected chi connectivity index (χ2v) is 5.94. The fourth-order valence-corrected chi connectivity index (χ4v) is 2.79. The quantitative estimate of drug-likeness (QED) is 0.448. The second kappa shape index (κ2) is 9.55. The van der Waals surface area contributed by atoms with Crippen molar-refractivity contribution in [2.24, 2.45) is 5.10 Å². The summed E-state index contributed by atoms with van der Waals surface area (Å²) in [6, 6.07) is 13.7. The number of para-hydroxylation sites is 1. The van der Waals surface area contributed by atoms with Crippen LogP contribution in [0.2, 0.25) is 0 Å². The molecule has 1 heterocycles. The van der Waals surface area contributed by atoms with E-state index in [2.05, 4.69) is 15.3 Å². The smallest absolute Gasteiger partial charge is 0.387 e. The predicted octanol–water partition coefficient (Wildman–Crippen LogP) is 3.86. The number of carbonyl (C=O) groups is 1. The molecule has 0 aliphatic rings. The monoisotopic (exact) mass is 415 g/mol. The molecule has 0 aliphatic carbocycles. The van der Waals surface area contributed by atoms with E-state index in [1.165, 1.54) is 32.6 Å². The maximum absolute atomic E-state index is 12.6. The van der Waals surface area contributed by atoms with Gasteiger partial charge in [0.2, 0.25) is 5.75 Å². The minimum atomic E-state index is -3.04. The van der Waals surface area contributed by atoms with Gasteiger partial charge in [-0.3, -0.25) is 4.79 Å². The van der Waals surface area contributed by atoms with Gasteiger partial charge >= 0.3 is 6.61 Å². The van der Waals surface area contributed by atoms with Gasteiger partial charge in [-0.2, -0.15) is 13.9 Å². The topological polar surface area (TPSA) is 74.1 Å². The van der Waals surface area contributed by atoms with E-state index in [1.807, 2.05) is 41.2 Å². The van der Waals surface area contributed by atoms with E-state index >= 15 is 0 Å². The summed E-state index contributed by atoms with van der Waals surface area (Å²) in [5.74, 6) is -0.551. The molecular weight excluding hydrogens is 396 g/mol. The van der Waals surface area contributed by atoms with Crippen LogP contribution in [0.3, 0.4) is 0 Å². The highest BCUT2D eigenvalue weighted by Gasteiger charge is 2.18. The van der Waals surface area contributed by atoms with Crippen LogP contribution in [0, 0.1) is 0 Å². The number of alkyl halides is 2. The zero-order chi connectivity index (χ0) is 21.5. The maximum atomic E-state index is 12.6. The predicted molar refractivity (Wildman–Crippen MR) is 107 cm³/mol. The number of hydrazone groups is 1. The summed E-state index contributed by atoms with van der Waals surface area (Å²) in [4.78, 5) is 12.6. The first kappa shape index (κ1) is 20.8. The summed E-state index contributed by atoms with van der Waals surface area (Å²) in [6.07, 6.45) is 5.00. The van der Waals surface area contributed by atoms with E-state index in [0.717, 1.165) is 0 Å². The lowest BCUT2D eigenvalue weighted by atomic mass is 10.1. The summed E-state index contributed by atoms with van der Waals surface area (Å²) >= 11 is 0. The number of ether oxygens (including phenoxy) is 3. The summed E-state index contributed by atoms with van der Waals surface area (Å²) in [5, 5.41) is 3.95. The molecule has 30 heavy (non-hydrogen) atoms. The molecule has 156 valence electrons. The van der Waals surface area contributed by atoms with Crippen molar-refractivity contribution in [3.8, 4) is 22.9 Å². The summed E-state index contributed by atoms with van der Waals surface area (Å²) in [6.45, 7) is -3.04. The number of nitrogens with zero attached hydrogens (tertiary/aromatic N) is 2. The molecule has 3 aromatic rings. The zero-order valence-corrected chi connectivity index (χ0v) is 16.2. The molecule has 7 nitrogen and oxygen atoms in total. The Labute approximate surface area is 171 Å². The minimum Gasteiger partial charge on any atom is -0.493 e. The van der Waals surface area contributed by atoms with Crippen molar-refractivity contribution in [3.05, 3.63) is 72.1 Å². The first-order valence-electron chi connectivity index (χ1n) is 8.80. The van der Waals surface area contributed by atoms with E-state index in [1.54, 1.807) is 12.1 Å². The lowest BCUT2D eigenvalue weighted by Gasteiger charge is -2.14. The number of hydrogen-bond donors (Lipinski definition) is 1. The average molecular weight is 415 g/mol. The molecule has 3 rings (SSSR count). The molecule has 1 amide bonds. The van der Waals surface area contributed by atoms with Crippen molar-refractivity contribution in [3.63, 3.8) is 0 Å². The molecule has 0 bridgehead atoms. The Kier molecular flexibility index (Phi) is 6.63. The fourth-order valence-electron chi connectivity index (χ4n) is 2.79. The van der Waals surface area contributed by atoms with Crippen LogP contribution in [-0.4, -0.2) is 37.5 Å². The SMILES string of the molecule is COc1cc(/C=N\NC(=O)c2ccccc2-n2cccc2)cc(OC)c1OC(F)F. The standard InChI is InChI=1S/C21H19F2N3O4/c1-28-17-11-14(12-18(29-2)19(17)30-21(22)23)13-24-25-20(27)15-7-3-4-8-16(15)26-9-5-6-10-26/h3-13,21H,1-2H3,(H,25,27)/b24-13-. The Morgan fingerprint density at radius 1 is 1.07 bits per heavy atom. The Bertz CT molecular complexity index is 1010. The molecular formula is C21H19F2N3O4. The van der Waals surface area contributed by atoms with Crippen molar-refractivity contribution >= 4 is 12.1 Å². The summed E-state index contributed by atoms with van der Waals surface area (Å²) in [7, 11) is 2.63. The highest BCUT2D eigenvalue weighted by molar-refractivity contribution is 5.98. The van der Waals surface area contributed by atoms with Gasteiger partial charge in [-0.15, -0.1) is 0 Å². The number of nitrogens with one attached hydrogen (secondary N) is 1. The highest BCUT2D eigenvalue weighted by atomic mass is 19.3. The molecule has 0 saturated carbocycles. The molecule has 0 atom stereocenters. The number of halogens is 2. The summed E-state index contributed by atoms with van der Waals surface area (Å²) in [5.41, 5.74) is 4.04. The van der Waals surface area contributed by atoms with Crippen LogP contribution in [0.4, 0.5) is 8.78 Å². The second-order valence-electron chi connectivity index (χ2n) is 5.94. The van der Waals surface area contributed by atoms with Crippen LogP contribution in [0.15, 0.2) is 66.0 Å². The Morgan fingerprint density at radius 2 is 1.70 bits per heavy atom. The molecule has 0 aliphatic heterocycles. The third kappa shape index (κ3) is 4.75. The number of methoxy groups -OCH3 is 2. The van der Waals surface area contributed by atoms with Gasteiger partial charge in [-0.1, -0.05) is 12.1 Å². The van der Waals surface area contributed by atoms with Gasteiger partial charge in [0.15, 0.2) is 11.5 Å². The van der Waals surface area contributed by atoms with Crippen LogP contribution in [-0.2, 0) is 0 Å². The number of benzene rings is 2. The van der Waals surface area contributed by atoms with Crippen molar-refractivity contribution in [1.29, 1.82) is 0 Å². The van der Waals surface area contributed by atoms with Gasteiger partial charge in [0, 0.05) is 18.0 Å². The molecule has 1 aromatic heterocycles. The van der Waals surface area contributed by atoms with E-state index in [4.69, 9.17) is 9.47 Å². The Morgan fingerprint density at radius 3 is 2.30 bits per heavy atom. The van der Waals surface area contributed by atoms with Crippen molar-refractivity contribution in [2.75, 3.05) is 14.2 Å². The van der Waals surface area contributed by atoms with Gasteiger partial charge in [0.05, 0.1) is 31.7 Å². The lowest BCUT2D eigenvalue weighted by Crippen LogP contribution is -2.19. The molecule has 0 fully saturated rings. The number of amides is 1. The fraction of sp³-hybridized carbons (Fsp3) is 0.143. The van der Waals surface area contributed by atoms with E-state index < -0.39 is 12.5 Å². The molecule has 9 heteroatoms. The number of aromatic nitrogens is 1. The van der Waals surface area contributed by atoms with Crippen molar-refractivity contribution in [1.82, 2.24) is 9.99 Å². The third-order valence-electron chi connectivity index (χ3n) is 4.10. The third-order valence-corrected chi connectivity index (χ3v) is 4.10. The maximum Gasteiger partial charge on any atom is 0.387 e. The van der Waals surface area contributed by atoms with Gasteiger partial charge in [-0.25, -0.2) is 5.43 Å². The molecule has 0 radical (unpaired) electrons. The van der Waals surface area contributed by atoms with E-state index in [9.17, 15) is 13.6 Å². The van der Waals surface area contributed by atoms with Crippen LogP contribution in [0.25, 0.3) is 5.69 Å². The summed E-state index contributed by atoms with van der Waals surface area (Å²) < 4.78 is 41.7. The number of rotatable bonds is 8. The van der Waals surface area contributed by atoms with Crippen LogP contribution >= 0.6 is 0 Å². The Hall–Kier alpha value is -3.88. The van der Waals surface area contributed by atoms with Crippen LogP contribution in [0.1, 0.15) is 15.9 Å². The van der Waals surface area contributed by atoms with Gasteiger partial charge in [0.25, 0.3) is 5.91 Å². The molecule has 1 N–H and O–H groups in total. The molecule has 2 aromatic carbocycles. The van der Waals surface area contributed by atoms with Gasteiger partial charge in [0.1, 0.15) is 0 Å². The van der Waals surface area contributed by atoms with Crippen molar-refractivity contribution in [2.45, 2.75) is 6.61 Å². The van der Waals surface area contributed by atoms with Crippen LogP contribution < -0.4 is 19.6 Å². The molecule has 0 unspecified atom stereocenters. The van der Waals surface area contributed by atoms with Crippen LogP contribution in [0.5, 0.6) is 17.2 Å². The number of hydrogen-bond acceptors (Lipinski definition) is 5. The molecule has 0 spiro atoms. The number of carbonyl (C=O) groups excluding carboxylic acids is 1. The first-order chi connectivity index (χ1) is 14.5. The van der Waals surface area contributed by atoms with Crippen molar-refractivity contribution < 1.29 is 27.8 Å². The first-order valence-corrected chi connectivity index (χ1v) is 8.80. The lowest BCUT2D eigenvalue weighted by molar-refractivity contribution is -0.0526. The minimum absolute atomic E-state index is 0.0420. The van der Waals surface area contributed by atoms with Gasteiger partial charge < -0.3 is 18.8 Å². The highest BCUT2D eigenvalue weighted by Crippen LogP contribution is 2.39. The van der Waals surface area contributed by atoms with E-state index in [-0.39, 0.29) is 17.2 Å². The van der Waals surface area contributed by atoms with Gasteiger partial charge in [-0.05, 0) is 36.4 Å². The largest absolute Gasteiger partial charge is 0.493 e. The average Bonchev–Trinajstić information content (AvgIpc) is 3.28. The normalized spacial score (nSPS) is 11.0. The Balaban J connectivity index is 1.80. The van der Waals surface area contributed by atoms with E-state index in [0.29, 0.717) is 16.8 Å².